The van der Waals surface area contributed by atoms with Gasteiger partial charge in [-0.3, -0.25) is 4.79 Å². The zero-order valence-corrected chi connectivity index (χ0v) is 14.4. The van der Waals surface area contributed by atoms with Crippen LogP contribution in [0.5, 0.6) is 5.75 Å². The number of carbonyl (C=O) groups excluding carboxylic acids is 1. The summed E-state index contributed by atoms with van der Waals surface area (Å²) >= 11 is 0. The second kappa shape index (κ2) is 6.51. The number of carbonyl (C=O) groups is 1. The summed E-state index contributed by atoms with van der Waals surface area (Å²) in [4.78, 5) is 12.6. The van der Waals surface area contributed by atoms with Crippen LogP contribution in [-0.2, 0) is 0 Å². The molecule has 0 saturated heterocycles. The summed E-state index contributed by atoms with van der Waals surface area (Å²) in [6.07, 6.45) is -1.01. The van der Waals surface area contributed by atoms with Gasteiger partial charge in [0.25, 0.3) is 5.91 Å². The predicted octanol–water partition coefficient (Wildman–Crippen LogP) is 2.43. The molecular formula is C20H17N3O3. The van der Waals surface area contributed by atoms with Crippen molar-refractivity contribution >= 4 is 5.91 Å². The average molecular weight is 347 g/mol. The van der Waals surface area contributed by atoms with Crippen molar-refractivity contribution in [1.82, 2.24) is 5.32 Å². The molecule has 2 N–H and O–H groups in total. The lowest BCUT2D eigenvalue weighted by molar-refractivity contribution is -0.0627. The highest BCUT2D eigenvalue weighted by molar-refractivity contribution is 5.94. The van der Waals surface area contributed by atoms with Gasteiger partial charge in [-0.25, -0.2) is 0 Å². The Hall–Kier alpha value is -3.35. The molecule has 2 aromatic carbocycles. The van der Waals surface area contributed by atoms with Crippen molar-refractivity contribution in [3.8, 4) is 17.9 Å². The van der Waals surface area contributed by atoms with E-state index in [1.54, 1.807) is 56.3 Å². The molecular weight excluding hydrogens is 330 g/mol. The van der Waals surface area contributed by atoms with Crippen LogP contribution in [0.2, 0.25) is 0 Å². The minimum absolute atomic E-state index is 0.374. The number of ether oxygens (including phenoxy) is 1. The van der Waals surface area contributed by atoms with E-state index in [0.29, 0.717) is 28.0 Å². The molecule has 6 nitrogen and oxygen atoms in total. The Morgan fingerprint density at radius 3 is 2.35 bits per heavy atom. The molecule has 0 aliphatic carbocycles. The largest absolute Gasteiger partial charge is 0.485 e. The Balaban J connectivity index is 1.96. The van der Waals surface area contributed by atoms with Crippen LogP contribution >= 0.6 is 0 Å². The normalized spacial score (nSPS) is 20.0. The Morgan fingerprint density at radius 1 is 1.12 bits per heavy atom. The zero-order valence-electron chi connectivity index (χ0n) is 14.4. The Bertz CT molecular complexity index is 936. The highest BCUT2D eigenvalue weighted by Gasteiger charge is 2.43. The molecule has 130 valence electrons. The van der Waals surface area contributed by atoms with E-state index in [4.69, 9.17) is 15.3 Å². The summed E-state index contributed by atoms with van der Waals surface area (Å²) in [5, 5.41) is 31.5. The number of aliphatic hydroxyl groups is 1. The van der Waals surface area contributed by atoms with E-state index in [1.165, 1.54) is 0 Å². The lowest BCUT2D eigenvalue weighted by atomic mass is 9.85. The summed E-state index contributed by atoms with van der Waals surface area (Å²) in [6, 6.07) is 14.4. The van der Waals surface area contributed by atoms with Gasteiger partial charge < -0.3 is 15.2 Å². The third-order valence-corrected chi connectivity index (χ3v) is 4.44. The summed E-state index contributed by atoms with van der Waals surface area (Å²) in [5.74, 6) is 0.133. The molecule has 2 aromatic rings. The molecule has 0 spiro atoms. The van der Waals surface area contributed by atoms with Crippen molar-refractivity contribution in [3.05, 3.63) is 64.7 Å². The van der Waals surface area contributed by atoms with Crippen LogP contribution in [0.1, 0.15) is 46.9 Å². The third-order valence-electron chi connectivity index (χ3n) is 4.44. The maximum atomic E-state index is 12.6. The maximum Gasteiger partial charge on any atom is 0.251 e. The number of hydrogen-bond donors (Lipinski definition) is 2. The smallest absolute Gasteiger partial charge is 0.251 e. The van der Waals surface area contributed by atoms with Gasteiger partial charge in [-0.15, -0.1) is 0 Å². The summed E-state index contributed by atoms with van der Waals surface area (Å²) in [5.41, 5.74) is 0.884. The molecule has 0 fully saturated rings. The molecule has 0 bridgehead atoms. The van der Waals surface area contributed by atoms with E-state index >= 15 is 0 Å². The van der Waals surface area contributed by atoms with Crippen LogP contribution in [0.4, 0.5) is 0 Å². The Morgan fingerprint density at radius 2 is 1.73 bits per heavy atom. The van der Waals surface area contributed by atoms with Gasteiger partial charge in [0, 0.05) is 11.1 Å². The van der Waals surface area contributed by atoms with Crippen LogP contribution in [0.3, 0.4) is 0 Å². The van der Waals surface area contributed by atoms with Crippen LogP contribution in [0.15, 0.2) is 42.5 Å². The fourth-order valence-corrected chi connectivity index (χ4v) is 2.95. The second-order valence-corrected chi connectivity index (χ2v) is 6.66. The van der Waals surface area contributed by atoms with Crippen LogP contribution in [-0.4, -0.2) is 22.7 Å². The number of aliphatic hydroxyl groups excluding tert-OH is 1. The highest BCUT2D eigenvalue weighted by Crippen LogP contribution is 2.40. The van der Waals surface area contributed by atoms with Gasteiger partial charge in [-0.1, -0.05) is 0 Å². The molecule has 26 heavy (non-hydrogen) atoms. The molecule has 0 radical (unpaired) electrons. The number of nitriles is 2. The van der Waals surface area contributed by atoms with Gasteiger partial charge in [-0.05, 0) is 56.3 Å². The molecule has 2 atom stereocenters. The first-order valence-corrected chi connectivity index (χ1v) is 8.08. The standard InChI is InChI=1S/C20H17N3O3/c1-20(2)18(24)17(15-9-13(11-22)5-8-16(15)26-20)23-19(25)14-6-3-12(10-21)4-7-14/h3-9,17-18,24H,1-2H3,(H,23,25)/t17?,18-/m0/s1. The first-order valence-electron chi connectivity index (χ1n) is 8.08. The fraction of sp³-hybridized carbons (Fsp3) is 0.250. The van der Waals surface area contributed by atoms with E-state index in [2.05, 4.69) is 11.4 Å². The summed E-state index contributed by atoms with van der Waals surface area (Å²) < 4.78 is 5.83. The summed E-state index contributed by atoms with van der Waals surface area (Å²) in [6.45, 7) is 3.47. The Kier molecular flexibility index (Phi) is 4.38. The van der Waals surface area contributed by atoms with Gasteiger partial charge in [-0.2, -0.15) is 10.5 Å². The van der Waals surface area contributed by atoms with Crippen LogP contribution in [0.25, 0.3) is 0 Å². The highest BCUT2D eigenvalue weighted by atomic mass is 16.5. The van der Waals surface area contributed by atoms with Crippen LogP contribution in [0, 0.1) is 22.7 Å². The average Bonchev–Trinajstić information content (AvgIpc) is 2.65. The number of nitrogens with zero attached hydrogens (tertiary/aromatic N) is 2. The van der Waals surface area contributed by atoms with Crippen molar-refractivity contribution in [2.45, 2.75) is 31.6 Å². The van der Waals surface area contributed by atoms with Gasteiger partial charge in [0.15, 0.2) is 0 Å². The fourth-order valence-electron chi connectivity index (χ4n) is 2.95. The topological polar surface area (TPSA) is 106 Å². The third kappa shape index (κ3) is 3.11. The molecule has 6 heteroatoms. The lowest BCUT2D eigenvalue weighted by Gasteiger charge is -2.42. The van der Waals surface area contributed by atoms with Gasteiger partial charge in [0.2, 0.25) is 0 Å². The number of hydrogen-bond acceptors (Lipinski definition) is 5. The number of nitrogens with one attached hydrogen (secondary N) is 1. The molecule has 0 saturated carbocycles. The molecule has 3 rings (SSSR count). The lowest BCUT2D eigenvalue weighted by Crippen LogP contribution is -2.53. The minimum Gasteiger partial charge on any atom is -0.485 e. The minimum atomic E-state index is -1.01. The van der Waals surface area contributed by atoms with Crippen LogP contribution < -0.4 is 10.1 Å². The van der Waals surface area contributed by atoms with E-state index in [-0.39, 0.29) is 5.91 Å². The Labute approximate surface area is 151 Å². The molecule has 1 aliphatic rings. The molecule has 1 aliphatic heterocycles. The van der Waals surface area contributed by atoms with Gasteiger partial charge in [0.05, 0.1) is 29.3 Å². The molecule has 1 heterocycles. The van der Waals surface area contributed by atoms with Gasteiger partial charge >= 0.3 is 0 Å². The number of amides is 1. The van der Waals surface area contributed by atoms with Crippen molar-refractivity contribution in [1.29, 1.82) is 10.5 Å². The molecule has 1 unspecified atom stereocenters. The molecule has 1 amide bonds. The zero-order chi connectivity index (χ0) is 18.9. The van der Waals surface area contributed by atoms with Crippen molar-refractivity contribution in [3.63, 3.8) is 0 Å². The van der Waals surface area contributed by atoms with Crippen molar-refractivity contribution in [2.24, 2.45) is 0 Å². The maximum absolute atomic E-state index is 12.6. The number of fused-ring (bicyclic) bond motifs is 1. The monoisotopic (exact) mass is 347 g/mol. The SMILES string of the molecule is CC1(C)Oc2ccc(C#N)cc2C(NC(=O)c2ccc(C#N)cc2)[C@@H]1O. The van der Waals surface area contributed by atoms with Crippen molar-refractivity contribution < 1.29 is 14.6 Å². The second-order valence-electron chi connectivity index (χ2n) is 6.66. The van der Waals surface area contributed by atoms with E-state index in [1.807, 2.05) is 6.07 Å². The number of rotatable bonds is 2. The predicted molar refractivity (Wildman–Crippen MR) is 93.2 cm³/mol. The number of benzene rings is 2. The van der Waals surface area contributed by atoms with Gasteiger partial charge in [0.1, 0.15) is 17.5 Å². The first kappa shape index (κ1) is 17.5. The molecule has 0 aromatic heterocycles. The van der Waals surface area contributed by atoms with E-state index < -0.39 is 17.7 Å². The van der Waals surface area contributed by atoms with Crippen molar-refractivity contribution in [2.75, 3.05) is 0 Å². The first-order chi connectivity index (χ1) is 12.4. The van der Waals surface area contributed by atoms with E-state index in [9.17, 15) is 9.90 Å². The quantitative estimate of drug-likeness (QED) is 0.868. The summed E-state index contributed by atoms with van der Waals surface area (Å²) in [7, 11) is 0. The van der Waals surface area contributed by atoms with E-state index in [0.717, 1.165) is 0 Å².